The van der Waals surface area contributed by atoms with E-state index >= 15 is 0 Å². The van der Waals surface area contributed by atoms with Crippen molar-refractivity contribution in [3.63, 3.8) is 0 Å². The average Bonchev–Trinajstić information content (AvgIpc) is 1.54. The number of carboxylic acids is 1. The van der Waals surface area contributed by atoms with Crippen molar-refractivity contribution in [2.24, 2.45) is 44.0 Å². The molecule has 0 bridgehead atoms. The third kappa shape index (κ3) is 61.8. The number of aromatic nitrogens is 18. The van der Waals surface area contributed by atoms with E-state index in [1.807, 2.05) is 136 Å². The number of nitriles is 1. The Morgan fingerprint density at radius 2 is 0.822 bits per heavy atom. The van der Waals surface area contributed by atoms with E-state index in [9.17, 15) is 28.8 Å². The van der Waals surface area contributed by atoms with E-state index in [1.54, 1.807) is 67.2 Å². The second-order valence-electron chi connectivity index (χ2n) is 21.7. The number of nitrogens with one attached hydrogen (secondary N) is 2. The van der Waals surface area contributed by atoms with E-state index in [1.165, 1.54) is 21.1 Å². The number of rotatable bonds is 16. The van der Waals surface area contributed by atoms with Gasteiger partial charge in [0.1, 0.15) is 11.9 Å². The Morgan fingerprint density at radius 3 is 1.08 bits per heavy atom. The summed E-state index contributed by atoms with van der Waals surface area (Å²) in [6, 6.07) is 7.66. The fraction of sp³-hybridized carbons (Fsp3) is 0.449. The molecular formula is C69H122BrN29O11SW7. The molecule has 0 aliphatic carbocycles. The first-order valence-corrected chi connectivity index (χ1v) is 32.5. The zero-order valence-electron chi connectivity index (χ0n) is 73.9. The van der Waals surface area contributed by atoms with Crippen molar-refractivity contribution in [1.82, 2.24) is 94.0 Å². The summed E-state index contributed by atoms with van der Waals surface area (Å²) in [6.45, 7) is 49.5. The van der Waals surface area contributed by atoms with Gasteiger partial charge in [0.2, 0.25) is 29.2 Å². The van der Waals surface area contributed by atoms with Crippen LogP contribution in [0.3, 0.4) is 0 Å². The summed E-state index contributed by atoms with van der Waals surface area (Å²) in [5.74, 6) is 11.7. The van der Waals surface area contributed by atoms with Crippen molar-refractivity contribution in [2.45, 2.75) is 180 Å². The Bertz CT molecular complexity index is 3790. The average molecular weight is 2930 g/mol. The van der Waals surface area contributed by atoms with Crippen molar-refractivity contribution in [2.75, 3.05) is 33.0 Å². The maximum Gasteiger partial charge on any atom is 2.00 e. The molecule has 1 aliphatic heterocycles. The van der Waals surface area contributed by atoms with Gasteiger partial charge in [0, 0.05) is 12.6 Å². The van der Waals surface area contributed by atoms with Crippen LogP contribution < -0.4 is 34.3 Å². The standard InChI is InChI=1S/2C9H14N3O2.C7H13N6.C7H12N5.C7H9N4.C7H10N3O2.C7H10N2O2.C4H7NO2S.C3H6Br.C2H6N2O.7CH3.7W/c1-5-14-9(13)8-10-7(4)12(11-8)6(2)3;1-5-14-9(13)8-10-7(4)11-12(8)6(2)3;1-4(2)13-5(3)10-7(12-13)6(8)11-9;1-4(2)12-5(3)10-7(11-12)6(8)9;1-5(2)11-6(3)9-7(4-8)10-11;1-4(2)10-5(3)8-6(9-10)7(11)12;1-3-11-7(10)6-8-4-5(2)9-6;1-2-7-4(6)3(5)8;1-3(2)4;1-2(5)4-3;;;;;;;;;;;;;;/h2*5H2,1-4H3;9H2,1-3H3,(H2,8,11);1-3H3,(H3,8,9);1-3H3;1-3H3,(H,11,12);3-4H2,1-2H3;2H2,1H3,(H2,5,8);1-2H3;3H2,1H3,(H,4,5);7*1H3;;;;;;;/q6*-1;;;-1;;7*-1;7*+2. The van der Waals surface area contributed by atoms with Gasteiger partial charge in [-0.3, -0.25) is 30.2 Å². The number of thiocarbonyl (C=S) groups is 1. The second kappa shape index (κ2) is 81.6. The molecule has 0 spiro atoms. The summed E-state index contributed by atoms with van der Waals surface area (Å²) in [5.41, 5.74) is 18.3. The van der Waals surface area contributed by atoms with Crippen molar-refractivity contribution >= 4 is 92.1 Å². The van der Waals surface area contributed by atoms with Crippen molar-refractivity contribution < 1.29 is 200 Å². The molecule has 0 unspecified atom stereocenters. The van der Waals surface area contributed by atoms with E-state index in [2.05, 4.69) is 114 Å². The fourth-order valence-corrected chi connectivity index (χ4v) is 6.83. The molecule has 0 atom stereocenters. The molecule has 40 nitrogen and oxygen atoms in total. The van der Waals surface area contributed by atoms with Crippen LogP contribution in [0.5, 0.6) is 0 Å². The number of aryl methyl sites for hydroxylation is 6. The number of esters is 4. The van der Waals surface area contributed by atoms with Gasteiger partial charge in [-0.05, 0) is 70.7 Å². The Balaban J connectivity index is -0.0000000640. The molecule has 1 aliphatic rings. The molecule has 6 aromatic rings. The molecule has 0 fully saturated rings. The number of carboxylic acid groups (broad SMARTS) is 1. The van der Waals surface area contributed by atoms with Crippen LogP contribution in [0.25, 0.3) is 0 Å². The van der Waals surface area contributed by atoms with Crippen LogP contribution in [0, 0.1) is 151 Å². The summed E-state index contributed by atoms with van der Waals surface area (Å²) >= 11 is 7.47. The molecule has 664 valence electrons. The quantitative estimate of drug-likeness (QED) is 0.00521. The first kappa shape index (κ1) is 153. The van der Waals surface area contributed by atoms with Gasteiger partial charge in [-0.2, -0.15) is 54.8 Å². The fourth-order valence-electron chi connectivity index (χ4n) is 6.77. The van der Waals surface area contributed by atoms with Crippen molar-refractivity contribution in [3.05, 3.63) is 163 Å². The summed E-state index contributed by atoms with van der Waals surface area (Å²) in [6.07, 6.45) is 0. The summed E-state index contributed by atoms with van der Waals surface area (Å²) < 4.78 is 28.4. The second-order valence-corrected chi connectivity index (χ2v) is 23.7. The minimum absolute atomic E-state index is 0. The maximum absolute atomic E-state index is 11.4. The number of hydrazine groups is 1. The number of nitrogen functional groups attached to an aromatic ring is 1. The Kier molecular flexibility index (Phi) is 105. The summed E-state index contributed by atoms with van der Waals surface area (Å²) in [7, 11) is 0. The first-order chi connectivity index (χ1) is 48.3. The number of halogens is 1. The number of hydrazone groups is 1. The van der Waals surface area contributed by atoms with Gasteiger partial charge in [0.15, 0.2) is 28.3 Å². The molecule has 6 aromatic heterocycles. The Morgan fingerprint density at radius 1 is 0.517 bits per heavy atom. The molecule has 49 heteroatoms. The summed E-state index contributed by atoms with van der Waals surface area (Å²) in [4.78, 5) is 96.5. The monoisotopic (exact) mass is 2930 g/mol. The van der Waals surface area contributed by atoms with E-state index in [0.717, 1.165) is 59.4 Å². The molecule has 7 heterocycles. The number of aliphatic imine (C=N–C) groups is 2. The van der Waals surface area contributed by atoms with Crippen LogP contribution in [0.4, 0.5) is 0 Å². The number of ether oxygens (including phenoxy) is 4. The number of hydrogen-bond donors (Lipinski definition) is 8. The van der Waals surface area contributed by atoms with Crippen LogP contribution >= 0.6 is 28.1 Å². The number of aromatic carboxylic acids is 1. The molecule has 118 heavy (non-hydrogen) atoms. The van der Waals surface area contributed by atoms with E-state index in [0.29, 0.717) is 56.3 Å². The number of amidine groups is 3. The van der Waals surface area contributed by atoms with Crippen LogP contribution in [0.1, 0.15) is 223 Å². The number of nitrogens with two attached hydrogens (primary N) is 5. The van der Waals surface area contributed by atoms with E-state index in [-0.39, 0.29) is 257 Å². The topological polar surface area (TPSA) is 571 Å². The number of nitrogens with zero attached hydrogens (tertiary/aromatic N) is 22. The third-order valence-electron chi connectivity index (χ3n) is 10.8. The smallest absolute Gasteiger partial charge is 0.475 e. The number of carbonyl (C=O) groups excluding carboxylic acids is 5. The largest absolute Gasteiger partial charge is 2.00 e. The van der Waals surface area contributed by atoms with Gasteiger partial charge in [0.25, 0.3) is 5.97 Å². The van der Waals surface area contributed by atoms with Gasteiger partial charge in [-0.25, -0.2) is 30.0 Å². The first-order valence-electron chi connectivity index (χ1n) is 31.3. The van der Waals surface area contributed by atoms with Gasteiger partial charge >= 0.3 is 171 Å². The summed E-state index contributed by atoms with van der Waals surface area (Å²) in [5, 5.41) is 51.4. The zero-order valence-corrected chi connectivity index (χ0v) is 96.9. The van der Waals surface area contributed by atoms with Gasteiger partial charge in [-0.1, -0.05) is 130 Å². The van der Waals surface area contributed by atoms with Crippen LogP contribution in [0.15, 0.2) is 15.1 Å². The predicted octanol–water partition coefficient (Wildman–Crippen LogP) is 8.17. The Hall–Kier alpha value is -6.40. The zero-order chi connectivity index (χ0) is 81.2. The minimum Gasteiger partial charge on any atom is -0.475 e. The SMILES string of the molecule is CC(=O)NN.CCOC(=O)C(N)=S.CCOC(=O)C1=NCC(C)=N1.CCOC(=O)c1nc(C)n([C-](C)C)n1.CCOC(=O)c1nc(C)nn1[C-](C)C.C[C-](C)Br.Cc1nc(/C(N)=N/N)nn1[C-](C)C.Cc1nc(C#N)nn1[C-](C)C.Cc1nc(C(=N)N)nn1[C-](C)C.Cc1nc(C(=O)O)nn1[C-](C)C.[CH3-].[CH3-].[CH3-].[CH3-].[CH3-].[CH3-].[CH3-].[W+2].[W+2].[W+2].[W+2].[W+2].[W+2].[W+2]. The molecule has 0 saturated carbocycles. The molecule has 1 amide bonds. The minimum atomic E-state index is -1.10. The van der Waals surface area contributed by atoms with Crippen LogP contribution in [-0.2, 0) is 181 Å². The molecule has 0 radical (unpaired) electrons. The van der Waals surface area contributed by atoms with Gasteiger partial charge in [0.05, 0.1) is 38.8 Å². The maximum atomic E-state index is 11.4. The normalized spacial score (nSPS) is 9.17. The van der Waals surface area contributed by atoms with Gasteiger partial charge < -0.3 is 173 Å². The third-order valence-corrected chi connectivity index (χ3v) is 11.0. The van der Waals surface area contributed by atoms with Gasteiger partial charge in [-0.15, -0.1) is 36.3 Å². The van der Waals surface area contributed by atoms with Crippen LogP contribution in [-0.4, -0.2) is 191 Å². The van der Waals surface area contributed by atoms with Crippen LogP contribution in [0.2, 0.25) is 0 Å². The Labute approximate surface area is 815 Å². The molecule has 0 saturated heterocycles. The number of carbonyl (C=O) groups is 6. The number of hydrogen-bond acceptors (Lipinski definition) is 30. The van der Waals surface area contributed by atoms with Crippen molar-refractivity contribution in [1.29, 1.82) is 10.7 Å². The van der Waals surface area contributed by atoms with E-state index in [4.69, 9.17) is 53.0 Å². The van der Waals surface area contributed by atoms with Crippen molar-refractivity contribution in [3.8, 4) is 6.07 Å². The predicted molar refractivity (Wildman–Crippen MR) is 440 cm³/mol. The molecule has 13 N–H and O–H groups in total. The van der Waals surface area contributed by atoms with E-state index < -0.39 is 29.8 Å². The molecular weight excluding hydrogens is 2810 g/mol. The molecule has 0 aromatic carbocycles. The number of amides is 1. The molecule has 7 rings (SSSR count).